The highest BCUT2D eigenvalue weighted by Crippen LogP contribution is 2.17. The molecule has 1 aromatic heterocycles. The topological polar surface area (TPSA) is 75.2 Å². The van der Waals surface area contributed by atoms with E-state index in [1.54, 1.807) is 30.1 Å². The number of ketones is 1. The summed E-state index contributed by atoms with van der Waals surface area (Å²) in [5.41, 5.74) is 2.49. The van der Waals surface area contributed by atoms with Gasteiger partial charge in [-0.2, -0.15) is 0 Å². The van der Waals surface area contributed by atoms with Gasteiger partial charge in [0.05, 0.1) is 5.56 Å². The Labute approximate surface area is 151 Å². The number of nitrogens with one attached hydrogen (secondary N) is 1. The minimum Gasteiger partial charge on any atom is -0.324 e. The third kappa shape index (κ3) is 3.92. The number of Topliss-reactive ketones (excluding diaryl/α,β-unsaturated/α-hetero) is 1. The van der Waals surface area contributed by atoms with Crippen molar-refractivity contribution < 1.29 is 9.59 Å². The SMILES string of the molecule is CC(=O)c1cccc(Nc2ncc(C(=O)N(C)c3ccccc3)cn2)c1. The lowest BCUT2D eigenvalue weighted by atomic mass is 10.1. The monoisotopic (exact) mass is 346 g/mol. The molecule has 0 spiro atoms. The summed E-state index contributed by atoms with van der Waals surface area (Å²) in [6.07, 6.45) is 2.96. The molecule has 0 aliphatic rings. The Kier molecular flexibility index (Phi) is 5.03. The van der Waals surface area contributed by atoms with Gasteiger partial charge in [0.2, 0.25) is 5.95 Å². The number of hydrogen-bond acceptors (Lipinski definition) is 5. The lowest BCUT2D eigenvalue weighted by Gasteiger charge is -2.17. The highest BCUT2D eigenvalue weighted by Gasteiger charge is 2.14. The smallest absolute Gasteiger partial charge is 0.261 e. The normalized spacial score (nSPS) is 10.2. The number of hydrogen-bond donors (Lipinski definition) is 1. The summed E-state index contributed by atoms with van der Waals surface area (Å²) in [4.78, 5) is 33.9. The van der Waals surface area contributed by atoms with Gasteiger partial charge in [-0.15, -0.1) is 0 Å². The summed E-state index contributed by atoms with van der Waals surface area (Å²) in [5.74, 6) is 0.144. The largest absolute Gasteiger partial charge is 0.324 e. The lowest BCUT2D eigenvalue weighted by Crippen LogP contribution is -2.26. The molecule has 1 heterocycles. The molecule has 0 radical (unpaired) electrons. The van der Waals surface area contributed by atoms with Crippen LogP contribution in [-0.2, 0) is 0 Å². The number of aromatic nitrogens is 2. The van der Waals surface area contributed by atoms with Gasteiger partial charge in [0.25, 0.3) is 5.91 Å². The second-order valence-corrected chi connectivity index (χ2v) is 5.76. The first-order valence-corrected chi connectivity index (χ1v) is 8.08. The molecule has 0 unspecified atom stereocenters. The van der Waals surface area contributed by atoms with E-state index in [1.165, 1.54) is 19.3 Å². The molecule has 0 fully saturated rings. The van der Waals surface area contributed by atoms with Crippen LogP contribution in [0.4, 0.5) is 17.3 Å². The molecule has 0 aliphatic heterocycles. The average molecular weight is 346 g/mol. The second kappa shape index (κ2) is 7.57. The van der Waals surface area contributed by atoms with Gasteiger partial charge in [0.1, 0.15) is 0 Å². The summed E-state index contributed by atoms with van der Waals surface area (Å²) in [6, 6.07) is 16.4. The molecule has 130 valence electrons. The number of anilines is 3. The summed E-state index contributed by atoms with van der Waals surface area (Å²) < 4.78 is 0. The highest BCUT2D eigenvalue weighted by molar-refractivity contribution is 6.05. The van der Waals surface area contributed by atoms with Crippen LogP contribution in [0.2, 0.25) is 0 Å². The van der Waals surface area contributed by atoms with Crippen molar-refractivity contribution in [2.24, 2.45) is 0 Å². The van der Waals surface area contributed by atoms with Crippen molar-refractivity contribution in [3.63, 3.8) is 0 Å². The number of carbonyl (C=O) groups excluding carboxylic acids is 2. The summed E-state index contributed by atoms with van der Waals surface area (Å²) in [7, 11) is 1.71. The van der Waals surface area contributed by atoms with Gasteiger partial charge in [0, 0.05) is 36.4 Å². The van der Waals surface area contributed by atoms with Crippen LogP contribution in [0, 0.1) is 0 Å². The van der Waals surface area contributed by atoms with Gasteiger partial charge < -0.3 is 10.2 Å². The standard InChI is InChI=1S/C20H18N4O2/c1-14(25)15-7-6-8-17(11-15)23-20-21-12-16(13-22-20)19(26)24(2)18-9-4-3-5-10-18/h3-13H,1-2H3,(H,21,22,23). The predicted octanol–water partition coefficient (Wildman–Crippen LogP) is 3.70. The molecule has 0 saturated carbocycles. The van der Waals surface area contributed by atoms with Crippen molar-refractivity contribution in [1.29, 1.82) is 0 Å². The van der Waals surface area contributed by atoms with Crippen LogP contribution in [0.25, 0.3) is 0 Å². The fourth-order valence-electron chi connectivity index (χ4n) is 2.41. The lowest BCUT2D eigenvalue weighted by molar-refractivity contribution is 0.0989. The van der Waals surface area contributed by atoms with E-state index < -0.39 is 0 Å². The van der Waals surface area contributed by atoms with Crippen LogP contribution in [0.15, 0.2) is 67.0 Å². The fourth-order valence-corrected chi connectivity index (χ4v) is 2.41. The number of rotatable bonds is 5. The van der Waals surface area contributed by atoms with Crippen LogP contribution >= 0.6 is 0 Å². The molecule has 1 amide bonds. The van der Waals surface area contributed by atoms with Crippen molar-refractivity contribution >= 4 is 29.0 Å². The molecule has 3 aromatic rings. The van der Waals surface area contributed by atoms with E-state index in [1.807, 2.05) is 36.4 Å². The Hall–Kier alpha value is -3.54. The predicted molar refractivity (Wildman–Crippen MR) is 101 cm³/mol. The van der Waals surface area contributed by atoms with E-state index in [0.29, 0.717) is 22.8 Å². The number of amides is 1. The average Bonchev–Trinajstić information content (AvgIpc) is 2.68. The molecule has 0 aliphatic carbocycles. The van der Waals surface area contributed by atoms with E-state index in [4.69, 9.17) is 0 Å². The third-order valence-corrected chi connectivity index (χ3v) is 3.87. The molecule has 0 bridgehead atoms. The molecule has 0 atom stereocenters. The van der Waals surface area contributed by atoms with E-state index in [9.17, 15) is 9.59 Å². The van der Waals surface area contributed by atoms with Gasteiger partial charge in [-0.05, 0) is 31.2 Å². The minimum absolute atomic E-state index is 0.0144. The van der Waals surface area contributed by atoms with Crippen molar-refractivity contribution in [3.8, 4) is 0 Å². The molecule has 26 heavy (non-hydrogen) atoms. The zero-order valence-electron chi connectivity index (χ0n) is 14.5. The van der Waals surface area contributed by atoms with Crippen LogP contribution < -0.4 is 10.2 Å². The fraction of sp³-hybridized carbons (Fsp3) is 0.100. The molecule has 0 saturated heterocycles. The zero-order chi connectivity index (χ0) is 18.5. The van der Waals surface area contributed by atoms with Crippen LogP contribution in [0.3, 0.4) is 0 Å². The molecule has 2 aromatic carbocycles. The number of carbonyl (C=O) groups is 2. The van der Waals surface area contributed by atoms with Crippen molar-refractivity contribution in [3.05, 3.63) is 78.1 Å². The van der Waals surface area contributed by atoms with Crippen LogP contribution in [-0.4, -0.2) is 28.7 Å². The van der Waals surface area contributed by atoms with E-state index in [0.717, 1.165) is 5.69 Å². The molecular weight excluding hydrogens is 328 g/mol. The third-order valence-electron chi connectivity index (χ3n) is 3.87. The summed E-state index contributed by atoms with van der Waals surface area (Å²) in [6.45, 7) is 1.51. The van der Waals surface area contributed by atoms with Gasteiger partial charge in [-0.25, -0.2) is 9.97 Å². The Balaban J connectivity index is 1.73. The maximum Gasteiger partial charge on any atom is 0.261 e. The van der Waals surface area contributed by atoms with Gasteiger partial charge in [-0.3, -0.25) is 9.59 Å². The van der Waals surface area contributed by atoms with Crippen molar-refractivity contribution in [2.75, 3.05) is 17.3 Å². The Morgan fingerprint density at radius 2 is 1.62 bits per heavy atom. The minimum atomic E-state index is -0.193. The van der Waals surface area contributed by atoms with E-state index in [2.05, 4.69) is 15.3 Å². The summed E-state index contributed by atoms with van der Waals surface area (Å²) >= 11 is 0. The quantitative estimate of drug-likeness (QED) is 0.713. The van der Waals surface area contributed by atoms with Crippen LogP contribution in [0.5, 0.6) is 0 Å². The Morgan fingerprint density at radius 3 is 2.27 bits per heavy atom. The van der Waals surface area contributed by atoms with Crippen molar-refractivity contribution in [2.45, 2.75) is 6.92 Å². The van der Waals surface area contributed by atoms with Gasteiger partial charge in [0.15, 0.2) is 5.78 Å². The first-order valence-electron chi connectivity index (χ1n) is 8.08. The first-order chi connectivity index (χ1) is 12.5. The van der Waals surface area contributed by atoms with Gasteiger partial charge >= 0.3 is 0 Å². The number of benzene rings is 2. The summed E-state index contributed by atoms with van der Waals surface area (Å²) in [5, 5.41) is 3.03. The number of para-hydroxylation sites is 1. The molecule has 3 rings (SSSR count). The van der Waals surface area contributed by atoms with E-state index in [-0.39, 0.29) is 11.7 Å². The van der Waals surface area contributed by atoms with Gasteiger partial charge in [-0.1, -0.05) is 30.3 Å². The maximum atomic E-state index is 12.5. The zero-order valence-corrected chi connectivity index (χ0v) is 14.5. The molecule has 1 N–H and O–H groups in total. The Bertz CT molecular complexity index is 924. The molecule has 6 nitrogen and oxygen atoms in total. The maximum absolute atomic E-state index is 12.5. The van der Waals surface area contributed by atoms with E-state index >= 15 is 0 Å². The second-order valence-electron chi connectivity index (χ2n) is 5.76. The number of nitrogens with zero attached hydrogens (tertiary/aromatic N) is 3. The Morgan fingerprint density at radius 1 is 0.923 bits per heavy atom. The van der Waals surface area contributed by atoms with Crippen LogP contribution in [0.1, 0.15) is 27.6 Å². The first kappa shape index (κ1) is 17.3. The molecular formula is C20H18N4O2. The highest BCUT2D eigenvalue weighted by atomic mass is 16.2. The molecule has 6 heteroatoms. The van der Waals surface area contributed by atoms with Crippen molar-refractivity contribution in [1.82, 2.24) is 9.97 Å².